The molecule has 1 aromatic heterocycles. The summed E-state index contributed by atoms with van der Waals surface area (Å²) in [6, 6.07) is 2.14. The summed E-state index contributed by atoms with van der Waals surface area (Å²) in [5, 5.41) is 4.26. The van der Waals surface area contributed by atoms with Crippen LogP contribution < -0.4 is 0 Å². The van der Waals surface area contributed by atoms with Crippen molar-refractivity contribution in [3.8, 4) is 0 Å². The number of carbonyl (C=O) groups excluding carboxylic acids is 1. The van der Waals surface area contributed by atoms with Crippen LogP contribution in [0.2, 0.25) is 0 Å². The SMILES string of the molecule is O=C1CCCCCC1Cc1ccsc1. The van der Waals surface area contributed by atoms with Gasteiger partial charge in [-0.05, 0) is 41.7 Å². The minimum Gasteiger partial charge on any atom is -0.299 e. The van der Waals surface area contributed by atoms with Crippen LogP contribution in [0.5, 0.6) is 0 Å². The molecule has 0 saturated heterocycles. The third kappa shape index (κ3) is 2.44. The van der Waals surface area contributed by atoms with Gasteiger partial charge < -0.3 is 0 Å². The smallest absolute Gasteiger partial charge is 0.136 e. The molecule has 1 unspecified atom stereocenters. The zero-order valence-electron chi connectivity index (χ0n) is 8.37. The summed E-state index contributed by atoms with van der Waals surface area (Å²) >= 11 is 1.72. The molecule has 0 bridgehead atoms. The molecule has 2 heteroatoms. The summed E-state index contributed by atoms with van der Waals surface area (Å²) in [6.45, 7) is 0. The van der Waals surface area contributed by atoms with Gasteiger partial charge in [0, 0.05) is 12.3 Å². The van der Waals surface area contributed by atoms with Crippen LogP contribution in [0.4, 0.5) is 0 Å². The Morgan fingerprint density at radius 3 is 3.07 bits per heavy atom. The highest BCUT2D eigenvalue weighted by atomic mass is 32.1. The van der Waals surface area contributed by atoms with E-state index >= 15 is 0 Å². The molecular formula is C12H16OS. The van der Waals surface area contributed by atoms with E-state index in [-0.39, 0.29) is 0 Å². The number of ketones is 1. The lowest BCUT2D eigenvalue weighted by atomic mass is 9.93. The Hall–Kier alpha value is -0.630. The van der Waals surface area contributed by atoms with Crippen molar-refractivity contribution in [3.63, 3.8) is 0 Å². The topological polar surface area (TPSA) is 17.1 Å². The first-order valence-corrected chi connectivity index (χ1v) is 6.34. The average molecular weight is 208 g/mol. The van der Waals surface area contributed by atoms with Crippen LogP contribution in [-0.2, 0) is 11.2 Å². The van der Waals surface area contributed by atoms with Gasteiger partial charge in [0.15, 0.2) is 0 Å². The number of hydrogen-bond donors (Lipinski definition) is 0. The van der Waals surface area contributed by atoms with Crippen molar-refractivity contribution in [1.29, 1.82) is 0 Å². The number of carbonyl (C=O) groups is 1. The third-order valence-electron chi connectivity index (χ3n) is 2.99. The molecule has 2 rings (SSSR count). The van der Waals surface area contributed by atoms with Gasteiger partial charge in [-0.1, -0.05) is 12.8 Å². The fourth-order valence-electron chi connectivity index (χ4n) is 2.14. The fourth-order valence-corrected chi connectivity index (χ4v) is 2.82. The molecule has 76 valence electrons. The lowest BCUT2D eigenvalue weighted by molar-refractivity contribution is -0.122. The molecule has 1 aromatic rings. The minimum absolute atomic E-state index is 0.312. The minimum atomic E-state index is 0.312. The summed E-state index contributed by atoms with van der Waals surface area (Å²) in [4.78, 5) is 11.7. The molecule has 0 N–H and O–H groups in total. The Labute approximate surface area is 89.1 Å². The number of hydrogen-bond acceptors (Lipinski definition) is 2. The Morgan fingerprint density at radius 2 is 2.29 bits per heavy atom. The molecule has 1 heterocycles. The standard InChI is InChI=1S/C12H16OS/c13-12-5-3-1-2-4-11(12)8-10-6-7-14-9-10/h6-7,9,11H,1-5,8H2. The Balaban J connectivity index is 1.98. The molecule has 0 amide bonds. The second kappa shape index (κ2) is 4.74. The summed E-state index contributed by atoms with van der Waals surface area (Å²) in [5.74, 6) is 0.806. The van der Waals surface area contributed by atoms with Crippen LogP contribution in [0.3, 0.4) is 0 Å². The highest BCUT2D eigenvalue weighted by Crippen LogP contribution is 2.24. The van der Waals surface area contributed by atoms with Crippen LogP contribution in [0.1, 0.15) is 37.7 Å². The maximum absolute atomic E-state index is 11.7. The average Bonchev–Trinajstić information content (AvgIpc) is 2.60. The van der Waals surface area contributed by atoms with Crippen molar-refractivity contribution in [2.45, 2.75) is 38.5 Å². The van der Waals surface area contributed by atoms with Crippen molar-refractivity contribution in [2.75, 3.05) is 0 Å². The first kappa shape index (κ1) is 9.91. The monoisotopic (exact) mass is 208 g/mol. The van der Waals surface area contributed by atoms with Gasteiger partial charge in [0.2, 0.25) is 0 Å². The van der Waals surface area contributed by atoms with Crippen LogP contribution in [-0.4, -0.2) is 5.78 Å². The first-order valence-electron chi connectivity index (χ1n) is 5.40. The van der Waals surface area contributed by atoms with Crippen LogP contribution in [0, 0.1) is 5.92 Å². The molecule has 1 fully saturated rings. The van der Waals surface area contributed by atoms with Gasteiger partial charge in [0.1, 0.15) is 5.78 Å². The zero-order chi connectivity index (χ0) is 9.80. The second-order valence-electron chi connectivity index (χ2n) is 4.10. The summed E-state index contributed by atoms with van der Waals surface area (Å²) in [6.07, 6.45) is 6.48. The van der Waals surface area contributed by atoms with E-state index in [1.807, 2.05) is 0 Å². The Bertz CT molecular complexity index is 289. The summed E-state index contributed by atoms with van der Waals surface area (Å²) < 4.78 is 0. The molecule has 14 heavy (non-hydrogen) atoms. The maximum atomic E-state index is 11.7. The van der Waals surface area contributed by atoms with Crippen LogP contribution in [0.15, 0.2) is 16.8 Å². The normalized spacial score (nSPS) is 23.4. The molecule has 1 aliphatic rings. The zero-order valence-corrected chi connectivity index (χ0v) is 9.19. The van der Waals surface area contributed by atoms with Gasteiger partial charge in [0.05, 0.1) is 0 Å². The van der Waals surface area contributed by atoms with E-state index in [9.17, 15) is 4.79 Å². The second-order valence-corrected chi connectivity index (χ2v) is 4.88. The molecule has 1 aliphatic carbocycles. The molecule has 1 nitrogen and oxygen atoms in total. The maximum Gasteiger partial charge on any atom is 0.136 e. The Kier molecular flexibility index (Phi) is 3.35. The predicted molar refractivity (Wildman–Crippen MR) is 59.6 cm³/mol. The lowest BCUT2D eigenvalue weighted by Crippen LogP contribution is -2.14. The quantitative estimate of drug-likeness (QED) is 0.680. The van der Waals surface area contributed by atoms with Crippen molar-refractivity contribution in [1.82, 2.24) is 0 Å². The largest absolute Gasteiger partial charge is 0.299 e. The molecule has 1 saturated carbocycles. The molecular weight excluding hydrogens is 192 g/mol. The van der Waals surface area contributed by atoms with Gasteiger partial charge in [-0.15, -0.1) is 0 Å². The number of rotatable bonds is 2. The van der Waals surface area contributed by atoms with E-state index in [4.69, 9.17) is 0 Å². The highest BCUT2D eigenvalue weighted by molar-refractivity contribution is 7.07. The first-order chi connectivity index (χ1) is 6.86. The van der Waals surface area contributed by atoms with Gasteiger partial charge in [0.25, 0.3) is 0 Å². The van der Waals surface area contributed by atoms with Crippen molar-refractivity contribution >= 4 is 17.1 Å². The van der Waals surface area contributed by atoms with Crippen LogP contribution >= 0.6 is 11.3 Å². The van der Waals surface area contributed by atoms with Crippen molar-refractivity contribution in [3.05, 3.63) is 22.4 Å². The molecule has 0 radical (unpaired) electrons. The van der Waals surface area contributed by atoms with E-state index in [2.05, 4.69) is 16.8 Å². The lowest BCUT2D eigenvalue weighted by Gasteiger charge is -2.11. The van der Waals surface area contributed by atoms with Gasteiger partial charge in [-0.2, -0.15) is 11.3 Å². The molecule has 1 atom stereocenters. The number of thiophene rings is 1. The third-order valence-corrected chi connectivity index (χ3v) is 3.73. The van der Waals surface area contributed by atoms with Crippen molar-refractivity contribution < 1.29 is 4.79 Å². The van der Waals surface area contributed by atoms with E-state index in [1.54, 1.807) is 11.3 Å². The molecule has 0 aromatic carbocycles. The fraction of sp³-hybridized carbons (Fsp3) is 0.583. The molecule has 0 aliphatic heterocycles. The number of Topliss-reactive ketones (excluding diaryl/α,β-unsaturated/α-hetero) is 1. The van der Waals surface area contributed by atoms with E-state index in [0.717, 1.165) is 25.7 Å². The molecule has 0 spiro atoms. The van der Waals surface area contributed by atoms with Gasteiger partial charge in [-0.25, -0.2) is 0 Å². The van der Waals surface area contributed by atoms with E-state index in [0.29, 0.717) is 11.7 Å². The van der Waals surface area contributed by atoms with Crippen molar-refractivity contribution in [2.24, 2.45) is 5.92 Å². The Morgan fingerprint density at radius 1 is 1.36 bits per heavy atom. The van der Waals surface area contributed by atoms with Crippen LogP contribution in [0.25, 0.3) is 0 Å². The van der Waals surface area contributed by atoms with E-state index < -0.39 is 0 Å². The summed E-state index contributed by atoms with van der Waals surface area (Å²) in [5.41, 5.74) is 1.34. The highest BCUT2D eigenvalue weighted by Gasteiger charge is 2.20. The van der Waals surface area contributed by atoms with Gasteiger partial charge >= 0.3 is 0 Å². The van der Waals surface area contributed by atoms with Gasteiger partial charge in [-0.3, -0.25) is 4.79 Å². The van der Waals surface area contributed by atoms with E-state index in [1.165, 1.54) is 18.4 Å². The predicted octanol–water partition coefficient (Wildman–Crippen LogP) is 3.44. The summed E-state index contributed by atoms with van der Waals surface area (Å²) in [7, 11) is 0.